The lowest BCUT2D eigenvalue weighted by atomic mass is 10.2. The number of hydrogen-bond acceptors (Lipinski definition) is 3. The average molecular weight is 332 g/mol. The number of hydrogen-bond donors (Lipinski definition) is 0. The van der Waals surface area contributed by atoms with Gasteiger partial charge in [0.05, 0.1) is 13.2 Å². The van der Waals surface area contributed by atoms with Crippen LogP contribution in [0.5, 0.6) is 0 Å². The summed E-state index contributed by atoms with van der Waals surface area (Å²) in [6.07, 6.45) is 1.61. The van der Waals surface area contributed by atoms with E-state index in [0.29, 0.717) is 26.3 Å². The van der Waals surface area contributed by atoms with Crippen LogP contribution in [0.25, 0.3) is 6.08 Å². The zero-order valence-corrected chi connectivity index (χ0v) is 12.2. The lowest BCUT2D eigenvalue weighted by molar-refractivity contribution is 0.0736. The number of morpholine rings is 1. The molecule has 0 bridgehead atoms. The Labute approximate surface area is 115 Å². The summed E-state index contributed by atoms with van der Waals surface area (Å²) in [7, 11) is -3.34. The first-order valence-electron chi connectivity index (χ1n) is 5.59. The van der Waals surface area contributed by atoms with E-state index in [1.165, 1.54) is 9.71 Å². The van der Waals surface area contributed by atoms with E-state index in [4.69, 9.17) is 4.74 Å². The highest BCUT2D eigenvalue weighted by atomic mass is 79.9. The monoisotopic (exact) mass is 331 g/mol. The van der Waals surface area contributed by atoms with Crippen LogP contribution < -0.4 is 0 Å². The molecule has 0 spiro atoms. The Kier molecular flexibility index (Phi) is 4.55. The Balaban J connectivity index is 2.12. The lowest BCUT2D eigenvalue weighted by Crippen LogP contribution is -2.39. The molecule has 0 aliphatic carbocycles. The normalized spacial score (nSPS) is 18.3. The fourth-order valence-corrected chi connectivity index (χ4v) is 3.24. The van der Waals surface area contributed by atoms with Crippen LogP contribution in [-0.2, 0) is 14.8 Å². The van der Waals surface area contributed by atoms with E-state index in [1.807, 2.05) is 24.3 Å². The molecule has 98 valence electrons. The molecule has 1 saturated heterocycles. The Morgan fingerprint density at radius 1 is 1.28 bits per heavy atom. The zero-order chi connectivity index (χ0) is 13.0. The summed E-state index contributed by atoms with van der Waals surface area (Å²) >= 11 is 3.35. The third kappa shape index (κ3) is 3.65. The highest BCUT2D eigenvalue weighted by Gasteiger charge is 2.21. The quantitative estimate of drug-likeness (QED) is 0.851. The average Bonchev–Trinajstić information content (AvgIpc) is 2.38. The van der Waals surface area contributed by atoms with Gasteiger partial charge in [-0.15, -0.1) is 0 Å². The third-order valence-electron chi connectivity index (χ3n) is 2.61. The Morgan fingerprint density at radius 3 is 2.67 bits per heavy atom. The molecule has 0 atom stereocenters. The fraction of sp³-hybridized carbons (Fsp3) is 0.333. The molecule has 1 heterocycles. The van der Waals surface area contributed by atoms with Gasteiger partial charge in [-0.05, 0) is 23.8 Å². The molecule has 1 aromatic carbocycles. The smallest absolute Gasteiger partial charge is 0.236 e. The van der Waals surface area contributed by atoms with Crippen molar-refractivity contribution < 1.29 is 13.2 Å². The van der Waals surface area contributed by atoms with E-state index in [-0.39, 0.29) is 0 Å². The van der Waals surface area contributed by atoms with Crippen molar-refractivity contribution in [2.24, 2.45) is 0 Å². The van der Waals surface area contributed by atoms with E-state index >= 15 is 0 Å². The van der Waals surface area contributed by atoms with Crippen molar-refractivity contribution in [3.05, 3.63) is 39.7 Å². The van der Waals surface area contributed by atoms with Gasteiger partial charge in [-0.1, -0.05) is 28.1 Å². The van der Waals surface area contributed by atoms with E-state index in [1.54, 1.807) is 6.08 Å². The summed E-state index contributed by atoms with van der Waals surface area (Å²) in [6, 6.07) is 7.49. The first-order valence-corrected chi connectivity index (χ1v) is 7.89. The third-order valence-corrected chi connectivity index (χ3v) is 4.67. The maximum Gasteiger partial charge on any atom is 0.236 e. The van der Waals surface area contributed by atoms with Gasteiger partial charge in [0.25, 0.3) is 0 Å². The zero-order valence-electron chi connectivity index (χ0n) is 9.75. The van der Waals surface area contributed by atoms with Gasteiger partial charge < -0.3 is 4.74 Å². The van der Waals surface area contributed by atoms with E-state index < -0.39 is 10.0 Å². The molecule has 0 unspecified atom stereocenters. The fourth-order valence-electron chi connectivity index (χ4n) is 1.66. The van der Waals surface area contributed by atoms with Crippen LogP contribution in [0.1, 0.15) is 5.56 Å². The minimum absolute atomic E-state index is 0.422. The van der Waals surface area contributed by atoms with Crippen LogP contribution in [0, 0.1) is 0 Å². The number of benzene rings is 1. The second-order valence-corrected chi connectivity index (χ2v) is 6.65. The summed E-state index contributed by atoms with van der Waals surface area (Å²) in [4.78, 5) is 0. The molecule has 0 amide bonds. The van der Waals surface area contributed by atoms with Crippen LogP contribution in [0.4, 0.5) is 0 Å². The molecule has 4 nitrogen and oxygen atoms in total. The number of nitrogens with zero attached hydrogens (tertiary/aromatic N) is 1. The van der Waals surface area contributed by atoms with Crippen molar-refractivity contribution in [1.82, 2.24) is 4.31 Å². The van der Waals surface area contributed by atoms with E-state index in [9.17, 15) is 8.42 Å². The molecule has 0 N–H and O–H groups in total. The molecular formula is C12H14BrNO3S. The summed E-state index contributed by atoms with van der Waals surface area (Å²) in [5.41, 5.74) is 0.848. The minimum Gasteiger partial charge on any atom is -0.379 e. The second kappa shape index (κ2) is 5.97. The van der Waals surface area contributed by atoms with Gasteiger partial charge in [0.2, 0.25) is 10.0 Å². The number of ether oxygens (including phenoxy) is 1. The standard InChI is InChI=1S/C12H14BrNO3S/c13-12-3-1-2-11(10-12)4-9-18(15,16)14-5-7-17-8-6-14/h1-4,9-10H,5-8H2/b9-4+. The van der Waals surface area contributed by atoms with Gasteiger partial charge in [-0.2, -0.15) is 4.31 Å². The van der Waals surface area contributed by atoms with Crippen molar-refractivity contribution in [2.45, 2.75) is 0 Å². The SMILES string of the molecule is O=S(=O)(/C=C/c1cccc(Br)c1)N1CCOCC1. The first-order chi connectivity index (χ1) is 8.58. The van der Waals surface area contributed by atoms with Crippen LogP contribution in [0.15, 0.2) is 34.1 Å². The molecule has 0 aromatic heterocycles. The van der Waals surface area contributed by atoms with Gasteiger partial charge >= 0.3 is 0 Å². The van der Waals surface area contributed by atoms with Crippen molar-refractivity contribution >= 4 is 32.0 Å². The first kappa shape index (κ1) is 13.7. The van der Waals surface area contributed by atoms with Gasteiger partial charge in [0, 0.05) is 23.0 Å². The Hall–Kier alpha value is -0.690. The molecule has 0 radical (unpaired) electrons. The van der Waals surface area contributed by atoms with Crippen molar-refractivity contribution in [3.8, 4) is 0 Å². The maximum atomic E-state index is 12.0. The molecule has 0 saturated carbocycles. The number of halogens is 1. The van der Waals surface area contributed by atoms with Crippen molar-refractivity contribution in [2.75, 3.05) is 26.3 Å². The van der Waals surface area contributed by atoms with Crippen LogP contribution in [0.3, 0.4) is 0 Å². The van der Waals surface area contributed by atoms with Gasteiger partial charge in [0.1, 0.15) is 0 Å². The molecule has 1 aromatic rings. The van der Waals surface area contributed by atoms with Gasteiger partial charge in [-0.3, -0.25) is 0 Å². The Bertz CT molecular complexity index is 536. The largest absolute Gasteiger partial charge is 0.379 e. The molecule has 1 fully saturated rings. The molecule has 6 heteroatoms. The molecule has 2 rings (SSSR count). The van der Waals surface area contributed by atoms with Crippen molar-refractivity contribution in [1.29, 1.82) is 0 Å². The summed E-state index contributed by atoms with van der Waals surface area (Å²) in [6.45, 7) is 1.77. The summed E-state index contributed by atoms with van der Waals surface area (Å²) in [5.74, 6) is 0. The topological polar surface area (TPSA) is 46.6 Å². The van der Waals surface area contributed by atoms with E-state index in [0.717, 1.165) is 10.0 Å². The maximum absolute atomic E-state index is 12.0. The van der Waals surface area contributed by atoms with Crippen LogP contribution in [-0.4, -0.2) is 39.0 Å². The Morgan fingerprint density at radius 2 is 2.00 bits per heavy atom. The van der Waals surface area contributed by atoms with Crippen LogP contribution >= 0.6 is 15.9 Å². The molecule has 1 aliphatic rings. The lowest BCUT2D eigenvalue weighted by Gasteiger charge is -2.24. The minimum atomic E-state index is -3.34. The molecule has 1 aliphatic heterocycles. The molecule has 18 heavy (non-hydrogen) atoms. The highest BCUT2D eigenvalue weighted by molar-refractivity contribution is 9.10. The highest BCUT2D eigenvalue weighted by Crippen LogP contribution is 2.14. The predicted octanol–water partition coefficient (Wildman–Crippen LogP) is 2.08. The number of sulfonamides is 1. The van der Waals surface area contributed by atoms with Crippen molar-refractivity contribution in [3.63, 3.8) is 0 Å². The van der Waals surface area contributed by atoms with Gasteiger partial charge in [-0.25, -0.2) is 8.42 Å². The summed E-state index contributed by atoms with van der Waals surface area (Å²) < 4.78 is 31.5. The second-order valence-electron chi connectivity index (χ2n) is 3.91. The summed E-state index contributed by atoms with van der Waals surface area (Å²) in [5, 5.41) is 1.25. The number of rotatable bonds is 3. The molecular weight excluding hydrogens is 318 g/mol. The van der Waals surface area contributed by atoms with Crippen LogP contribution in [0.2, 0.25) is 0 Å². The van der Waals surface area contributed by atoms with Gasteiger partial charge in [0.15, 0.2) is 0 Å². The van der Waals surface area contributed by atoms with E-state index in [2.05, 4.69) is 15.9 Å². The predicted molar refractivity (Wildman–Crippen MR) is 74.5 cm³/mol.